The molecule has 0 aliphatic rings. The normalized spacial score (nSPS) is 12.5. The number of nitrogens with two attached hydrogens (primary N) is 1. The third kappa shape index (κ3) is 4.16. The first kappa shape index (κ1) is 13.6. The van der Waals surface area contributed by atoms with Gasteiger partial charge in [0.2, 0.25) is 0 Å². The Morgan fingerprint density at radius 2 is 2.25 bits per heavy atom. The molecule has 0 radical (unpaired) electrons. The van der Waals surface area contributed by atoms with Crippen LogP contribution in [-0.4, -0.2) is 17.6 Å². The molecule has 1 heterocycles. The van der Waals surface area contributed by atoms with Gasteiger partial charge in [0.1, 0.15) is 5.82 Å². The summed E-state index contributed by atoms with van der Waals surface area (Å²) < 4.78 is 0. The van der Waals surface area contributed by atoms with Gasteiger partial charge in [-0.1, -0.05) is 43.0 Å². The van der Waals surface area contributed by atoms with E-state index in [2.05, 4.69) is 17.2 Å². The fraction of sp³-hybridized carbons (Fsp3) is 0.545. The number of halogens is 2. The molecular formula is C11H17Cl2N3. The number of nitrogens with zero attached hydrogens (tertiary/aromatic N) is 1. The van der Waals surface area contributed by atoms with Gasteiger partial charge in [-0.25, -0.2) is 4.98 Å². The van der Waals surface area contributed by atoms with E-state index >= 15 is 0 Å². The number of unbranched alkanes of at least 4 members (excludes halogenated alkanes) is 1. The molecule has 0 fully saturated rings. The molecule has 1 rings (SSSR count). The highest BCUT2D eigenvalue weighted by Crippen LogP contribution is 2.23. The predicted molar refractivity (Wildman–Crippen MR) is 70.2 cm³/mol. The van der Waals surface area contributed by atoms with Crippen LogP contribution in [0.25, 0.3) is 0 Å². The molecule has 3 nitrogen and oxygen atoms in total. The van der Waals surface area contributed by atoms with Crippen LogP contribution >= 0.6 is 23.2 Å². The lowest BCUT2D eigenvalue weighted by Crippen LogP contribution is -2.29. The zero-order chi connectivity index (χ0) is 12.0. The summed E-state index contributed by atoms with van der Waals surface area (Å²) in [5.41, 5.74) is 5.68. The molecule has 0 bridgehead atoms. The topological polar surface area (TPSA) is 50.9 Å². The fourth-order valence-electron chi connectivity index (χ4n) is 1.41. The molecule has 3 N–H and O–H groups in total. The summed E-state index contributed by atoms with van der Waals surface area (Å²) in [6.45, 7) is 2.72. The van der Waals surface area contributed by atoms with Crippen LogP contribution in [0.15, 0.2) is 12.3 Å². The third-order valence-electron chi connectivity index (χ3n) is 2.34. The first-order valence-corrected chi connectivity index (χ1v) is 6.20. The maximum absolute atomic E-state index is 6.01. The minimum atomic E-state index is 0.214. The van der Waals surface area contributed by atoms with Crippen LogP contribution < -0.4 is 11.1 Å². The van der Waals surface area contributed by atoms with Gasteiger partial charge in [0, 0.05) is 18.8 Å². The quantitative estimate of drug-likeness (QED) is 0.826. The van der Waals surface area contributed by atoms with Crippen LogP contribution in [0.4, 0.5) is 5.82 Å². The van der Waals surface area contributed by atoms with E-state index in [9.17, 15) is 0 Å². The number of aromatic nitrogens is 1. The Kier molecular flexibility index (Phi) is 5.88. The largest absolute Gasteiger partial charge is 0.365 e. The minimum absolute atomic E-state index is 0.214. The summed E-state index contributed by atoms with van der Waals surface area (Å²) in [7, 11) is 0. The summed E-state index contributed by atoms with van der Waals surface area (Å²) in [6.07, 6.45) is 4.89. The van der Waals surface area contributed by atoms with Crippen molar-refractivity contribution in [3.8, 4) is 0 Å². The lowest BCUT2D eigenvalue weighted by atomic mass is 10.1. The first-order chi connectivity index (χ1) is 7.67. The Labute approximate surface area is 106 Å². The number of nitrogens with one attached hydrogen (secondary N) is 1. The SMILES string of the molecule is CCCCC(CN)Nc1ncc(Cl)cc1Cl. The third-order valence-corrected chi connectivity index (χ3v) is 2.83. The Balaban J connectivity index is 2.62. The van der Waals surface area contributed by atoms with Crippen LogP contribution in [0, 0.1) is 0 Å². The molecule has 0 amide bonds. The van der Waals surface area contributed by atoms with Crippen molar-refractivity contribution in [2.75, 3.05) is 11.9 Å². The van der Waals surface area contributed by atoms with Gasteiger partial charge in [0.05, 0.1) is 10.0 Å². The van der Waals surface area contributed by atoms with Crippen LogP contribution in [0.1, 0.15) is 26.2 Å². The van der Waals surface area contributed by atoms with Crippen molar-refractivity contribution in [1.29, 1.82) is 0 Å². The maximum atomic E-state index is 6.01. The highest BCUT2D eigenvalue weighted by Gasteiger charge is 2.09. The van der Waals surface area contributed by atoms with Crippen LogP contribution in [0.2, 0.25) is 10.0 Å². The molecule has 1 aromatic heterocycles. The zero-order valence-electron chi connectivity index (χ0n) is 9.34. The maximum Gasteiger partial charge on any atom is 0.145 e. The second kappa shape index (κ2) is 6.94. The summed E-state index contributed by atoms with van der Waals surface area (Å²) >= 11 is 11.8. The van der Waals surface area contributed by atoms with E-state index in [0.717, 1.165) is 19.3 Å². The number of anilines is 1. The predicted octanol–water partition coefficient (Wildman–Crippen LogP) is 3.32. The second-order valence-electron chi connectivity index (χ2n) is 3.70. The van der Waals surface area contributed by atoms with Crippen molar-refractivity contribution in [2.45, 2.75) is 32.2 Å². The zero-order valence-corrected chi connectivity index (χ0v) is 10.9. The standard InChI is InChI=1S/C11H17Cl2N3/c1-2-3-4-9(6-14)16-11-10(13)5-8(12)7-15-11/h5,7,9H,2-4,6,14H2,1H3,(H,15,16). The molecule has 1 unspecified atom stereocenters. The van der Waals surface area contributed by atoms with Gasteiger partial charge >= 0.3 is 0 Å². The van der Waals surface area contributed by atoms with Crippen molar-refractivity contribution in [1.82, 2.24) is 4.98 Å². The van der Waals surface area contributed by atoms with Crippen LogP contribution in [0.5, 0.6) is 0 Å². The smallest absolute Gasteiger partial charge is 0.145 e. The second-order valence-corrected chi connectivity index (χ2v) is 4.55. The van der Waals surface area contributed by atoms with E-state index in [1.165, 1.54) is 0 Å². The molecular weight excluding hydrogens is 245 g/mol. The van der Waals surface area contributed by atoms with E-state index in [1.54, 1.807) is 12.3 Å². The van der Waals surface area contributed by atoms with Crippen LogP contribution in [0.3, 0.4) is 0 Å². The first-order valence-electron chi connectivity index (χ1n) is 5.45. The molecule has 16 heavy (non-hydrogen) atoms. The van der Waals surface area contributed by atoms with Gasteiger partial charge < -0.3 is 11.1 Å². The van der Waals surface area contributed by atoms with Gasteiger partial charge in [-0.2, -0.15) is 0 Å². The number of rotatable bonds is 6. The highest BCUT2D eigenvalue weighted by molar-refractivity contribution is 6.35. The van der Waals surface area contributed by atoms with E-state index in [-0.39, 0.29) is 6.04 Å². The monoisotopic (exact) mass is 261 g/mol. The summed E-state index contributed by atoms with van der Waals surface area (Å²) in [4.78, 5) is 4.14. The van der Waals surface area contributed by atoms with E-state index in [0.29, 0.717) is 22.4 Å². The minimum Gasteiger partial charge on any atom is -0.365 e. The lowest BCUT2D eigenvalue weighted by Gasteiger charge is -2.17. The number of hydrogen-bond donors (Lipinski definition) is 2. The molecule has 0 saturated heterocycles. The average Bonchev–Trinajstić information content (AvgIpc) is 2.27. The van der Waals surface area contributed by atoms with Gasteiger partial charge in [-0.05, 0) is 12.5 Å². The molecule has 5 heteroatoms. The van der Waals surface area contributed by atoms with Gasteiger partial charge in [-0.3, -0.25) is 0 Å². The van der Waals surface area contributed by atoms with Crippen molar-refractivity contribution in [3.63, 3.8) is 0 Å². The Bertz CT molecular complexity index is 331. The van der Waals surface area contributed by atoms with Crippen molar-refractivity contribution >= 4 is 29.0 Å². The van der Waals surface area contributed by atoms with Crippen molar-refractivity contribution in [3.05, 3.63) is 22.3 Å². The Hall–Kier alpha value is -0.510. The fourth-order valence-corrected chi connectivity index (χ4v) is 1.85. The molecule has 0 spiro atoms. The molecule has 90 valence electrons. The van der Waals surface area contributed by atoms with E-state index in [1.807, 2.05) is 0 Å². The molecule has 0 aliphatic heterocycles. The van der Waals surface area contributed by atoms with Crippen molar-refractivity contribution < 1.29 is 0 Å². The van der Waals surface area contributed by atoms with Gasteiger partial charge in [0.25, 0.3) is 0 Å². The lowest BCUT2D eigenvalue weighted by molar-refractivity contribution is 0.612. The average molecular weight is 262 g/mol. The number of hydrogen-bond acceptors (Lipinski definition) is 3. The highest BCUT2D eigenvalue weighted by atomic mass is 35.5. The van der Waals surface area contributed by atoms with Gasteiger partial charge in [0.15, 0.2) is 0 Å². The van der Waals surface area contributed by atoms with E-state index < -0.39 is 0 Å². The Morgan fingerprint density at radius 3 is 2.81 bits per heavy atom. The molecule has 1 atom stereocenters. The summed E-state index contributed by atoms with van der Waals surface area (Å²) in [6, 6.07) is 1.89. The number of pyridine rings is 1. The van der Waals surface area contributed by atoms with Crippen LogP contribution in [-0.2, 0) is 0 Å². The Morgan fingerprint density at radius 1 is 1.50 bits per heavy atom. The van der Waals surface area contributed by atoms with Crippen molar-refractivity contribution in [2.24, 2.45) is 5.73 Å². The van der Waals surface area contributed by atoms with E-state index in [4.69, 9.17) is 28.9 Å². The molecule has 1 aromatic rings. The summed E-state index contributed by atoms with van der Waals surface area (Å²) in [5, 5.41) is 4.30. The van der Waals surface area contributed by atoms with Gasteiger partial charge in [-0.15, -0.1) is 0 Å². The summed E-state index contributed by atoms with van der Waals surface area (Å²) in [5.74, 6) is 0.651. The molecule has 0 aliphatic carbocycles. The molecule has 0 aromatic carbocycles. The molecule has 0 saturated carbocycles.